The summed E-state index contributed by atoms with van der Waals surface area (Å²) in [5.74, 6) is -0.621. The summed E-state index contributed by atoms with van der Waals surface area (Å²) in [5, 5.41) is 12.1. The van der Waals surface area contributed by atoms with Gasteiger partial charge in [0, 0.05) is 31.7 Å². The number of rotatable bonds is 7. The Bertz CT molecular complexity index is 735. The quantitative estimate of drug-likeness (QED) is 0.765. The number of benzene rings is 1. The molecule has 3 rings (SSSR count). The molecule has 2 heterocycles. The van der Waals surface area contributed by atoms with Crippen LogP contribution in [0.15, 0.2) is 30.3 Å². The van der Waals surface area contributed by atoms with Crippen molar-refractivity contribution >= 4 is 34.0 Å². The van der Waals surface area contributed by atoms with E-state index in [9.17, 15) is 9.59 Å². The summed E-state index contributed by atoms with van der Waals surface area (Å²) < 4.78 is 5.28. The lowest BCUT2D eigenvalue weighted by molar-refractivity contribution is -0.122. The van der Waals surface area contributed by atoms with E-state index < -0.39 is 0 Å². The molecule has 2 aromatic rings. The number of anilines is 2. The smallest absolute Gasteiger partial charge is 0.231 e. The predicted octanol–water partition coefficient (Wildman–Crippen LogP) is 2.11. The van der Waals surface area contributed by atoms with Gasteiger partial charge in [0.05, 0.1) is 12.5 Å². The first-order chi connectivity index (χ1) is 12.2. The van der Waals surface area contributed by atoms with Crippen molar-refractivity contribution in [3.8, 4) is 0 Å². The van der Waals surface area contributed by atoms with Crippen LogP contribution in [0.3, 0.4) is 0 Å². The van der Waals surface area contributed by atoms with Crippen molar-refractivity contribution in [1.29, 1.82) is 0 Å². The number of amides is 2. The molecule has 1 atom stereocenters. The lowest BCUT2D eigenvalue weighted by atomic mass is 10.1. The molecule has 0 saturated carbocycles. The van der Waals surface area contributed by atoms with Gasteiger partial charge in [0.15, 0.2) is 0 Å². The second-order valence-corrected chi connectivity index (χ2v) is 6.74. The maximum absolute atomic E-state index is 12.4. The molecule has 1 saturated heterocycles. The van der Waals surface area contributed by atoms with Crippen molar-refractivity contribution in [3.63, 3.8) is 0 Å². The van der Waals surface area contributed by atoms with Crippen LogP contribution in [0, 0.1) is 5.92 Å². The van der Waals surface area contributed by atoms with Crippen LogP contribution in [-0.4, -0.2) is 41.8 Å². The van der Waals surface area contributed by atoms with E-state index in [0.29, 0.717) is 31.3 Å². The third-order valence-corrected chi connectivity index (χ3v) is 4.82. The van der Waals surface area contributed by atoms with Gasteiger partial charge in [-0.2, -0.15) is 0 Å². The summed E-state index contributed by atoms with van der Waals surface area (Å²) in [6.07, 6.45) is 0.877. The van der Waals surface area contributed by atoms with Crippen molar-refractivity contribution in [2.75, 3.05) is 30.0 Å². The monoisotopic (exact) mass is 360 g/mol. The predicted molar refractivity (Wildman–Crippen MR) is 95.6 cm³/mol. The molecule has 1 aromatic heterocycles. The Kier molecular flexibility index (Phi) is 5.72. The highest BCUT2D eigenvalue weighted by molar-refractivity contribution is 7.15. The molecule has 1 aliphatic rings. The van der Waals surface area contributed by atoms with E-state index in [1.165, 1.54) is 11.3 Å². The van der Waals surface area contributed by atoms with E-state index in [2.05, 4.69) is 15.5 Å². The van der Waals surface area contributed by atoms with Crippen LogP contribution in [0.5, 0.6) is 0 Å². The molecule has 8 heteroatoms. The van der Waals surface area contributed by atoms with Gasteiger partial charge >= 0.3 is 0 Å². The van der Waals surface area contributed by atoms with Gasteiger partial charge in [-0.3, -0.25) is 9.59 Å². The van der Waals surface area contributed by atoms with Crippen LogP contribution in [0.25, 0.3) is 0 Å². The fraction of sp³-hybridized carbons (Fsp3) is 0.412. The van der Waals surface area contributed by atoms with Gasteiger partial charge in [-0.1, -0.05) is 29.5 Å². The summed E-state index contributed by atoms with van der Waals surface area (Å²) in [6.45, 7) is 3.57. The van der Waals surface area contributed by atoms with Crippen molar-refractivity contribution in [2.24, 2.45) is 5.92 Å². The van der Waals surface area contributed by atoms with Gasteiger partial charge in [0.1, 0.15) is 5.01 Å². The minimum absolute atomic E-state index is 0.0407. The zero-order valence-electron chi connectivity index (χ0n) is 14.0. The van der Waals surface area contributed by atoms with Crippen molar-refractivity contribution in [2.45, 2.75) is 19.8 Å². The Balaban J connectivity index is 1.56. The summed E-state index contributed by atoms with van der Waals surface area (Å²) in [7, 11) is 0. The zero-order valence-corrected chi connectivity index (χ0v) is 14.8. The third kappa shape index (κ3) is 4.40. The molecule has 0 aliphatic carbocycles. The number of carbonyl (C=O) groups excluding carboxylic acids is 2. The summed E-state index contributed by atoms with van der Waals surface area (Å²) in [6, 6.07) is 9.38. The van der Waals surface area contributed by atoms with Crippen molar-refractivity contribution in [1.82, 2.24) is 10.2 Å². The highest BCUT2D eigenvalue weighted by atomic mass is 32.1. The van der Waals surface area contributed by atoms with Crippen molar-refractivity contribution in [3.05, 3.63) is 35.3 Å². The minimum Gasteiger partial charge on any atom is -0.381 e. The molecular weight excluding hydrogens is 340 g/mol. The second-order valence-electron chi connectivity index (χ2n) is 5.68. The Morgan fingerprint density at radius 1 is 1.36 bits per heavy atom. The standard InChI is InChI=1S/C17H20N4O3S/c1-2-24-9-8-14-19-20-17(25-14)18-16(23)12-10-15(22)21(11-12)13-6-4-3-5-7-13/h3-7,12H,2,8-11H2,1H3,(H,18,20,23)/t12-/m0/s1. The van der Waals surface area contributed by atoms with Crippen LogP contribution in [0.2, 0.25) is 0 Å². The minimum atomic E-state index is -0.386. The maximum Gasteiger partial charge on any atom is 0.231 e. The van der Waals surface area contributed by atoms with Crippen molar-refractivity contribution < 1.29 is 14.3 Å². The third-order valence-electron chi connectivity index (χ3n) is 3.93. The highest BCUT2D eigenvalue weighted by Crippen LogP contribution is 2.26. The second kappa shape index (κ2) is 8.17. The maximum atomic E-state index is 12.4. The van der Waals surface area contributed by atoms with Gasteiger partial charge in [0.2, 0.25) is 16.9 Å². The Labute approximate surface area is 150 Å². The first-order valence-corrected chi connectivity index (χ1v) is 9.05. The van der Waals surface area contributed by atoms with Gasteiger partial charge in [0.25, 0.3) is 0 Å². The number of hydrogen-bond donors (Lipinski definition) is 1. The number of hydrogen-bond acceptors (Lipinski definition) is 6. The summed E-state index contributed by atoms with van der Waals surface area (Å²) in [5.41, 5.74) is 0.817. The SMILES string of the molecule is CCOCCc1nnc(NC(=O)[C@H]2CC(=O)N(c3ccccc3)C2)s1. The number of aromatic nitrogens is 2. The lowest BCUT2D eigenvalue weighted by Gasteiger charge is -2.16. The number of nitrogens with one attached hydrogen (secondary N) is 1. The van der Waals surface area contributed by atoms with Gasteiger partial charge in [-0.25, -0.2) is 0 Å². The number of nitrogens with zero attached hydrogens (tertiary/aromatic N) is 3. The first kappa shape index (κ1) is 17.5. The lowest BCUT2D eigenvalue weighted by Crippen LogP contribution is -2.28. The molecule has 0 spiro atoms. The molecule has 0 radical (unpaired) electrons. The summed E-state index contributed by atoms with van der Waals surface area (Å²) in [4.78, 5) is 26.3. The van der Waals surface area contributed by atoms with Crippen LogP contribution >= 0.6 is 11.3 Å². The van der Waals surface area contributed by atoms with E-state index in [1.807, 2.05) is 37.3 Å². The highest BCUT2D eigenvalue weighted by Gasteiger charge is 2.35. The first-order valence-electron chi connectivity index (χ1n) is 8.23. The van der Waals surface area contributed by atoms with Gasteiger partial charge < -0.3 is 15.0 Å². The molecule has 1 aliphatic heterocycles. The topological polar surface area (TPSA) is 84.4 Å². The number of para-hydroxylation sites is 1. The average molecular weight is 360 g/mol. The fourth-order valence-corrected chi connectivity index (χ4v) is 3.38. The average Bonchev–Trinajstić information content (AvgIpc) is 3.22. The zero-order chi connectivity index (χ0) is 17.6. The molecule has 7 nitrogen and oxygen atoms in total. The molecule has 1 N–H and O–H groups in total. The molecule has 25 heavy (non-hydrogen) atoms. The van der Waals surface area contributed by atoms with Crippen LogP contribution in [-0.2, 0) is 20.7 Å². The summed E-state index contributed by atoms with van der Waals surface area (Å²) >= 11 is 1.34. The van der Waals surface area contributed by atoms with E-state index in [4.69, 9.17) is 4.74 Å². The van der Waals surface area contributed by atoms with Gasteiger partial charge in [-0.05, 0) is 19.1 Å². The number of carbonyl (C=O) groups is 2. The van der Waals surface area contributed by atoms with E-state index in [0.717, 1.165) is 10.7 Å². The Hall–Kier alpha value is -2.32. The fourth-order valence-electron chi connectivity index (χ4n) is 2.66. The Morgan fingerprint density at radius 2 is 2.16 bits per heavy atom. The molecule has 0 bridgehead atoms. The molecule has 0 unspecified atom stereocenters. The van der Waals surface area contributed by atoms with Gasteiger partial charge in [-0.15, -0.1) is 10.2 Å². The van der Waals surface area contributed by atoms with E-state index >= 15 is 0 Å². The number of ether oxygens (including phenoxy) is 1. The molecule has 1 fully saturated rings. The van der Waals surface area contributed by atoms with Crippen LogP contribution < -0.4 is 10.2 Å². The molecule has 1 aromatic carbocycles. The molecule has 132 valence electrons. The van der Waals surface area contributed by atoms with Crippen LogP contribution in [0.1, 0.15) is 18.4 Å². The Morgan fingerprint density at radius 3 is 2.92 bits per heavy atom. The molecule has 2 amide bonds. The van der Waals surface area contributed by atoms with Crippen LogP contribution in [0.4, 0.5) is 10.8 Å². The van der Waals surface area contributed by atoms with E-state index in [-0.39, 0.29) is 24.2 Å². The van der Waals surface area contributed by atoms with E-state index in [1.54, 1.807) is 4.90 Å². The largest absolute Gasteiger partial charge is 0.381 e. The molecular formula is C17H20N4O3S. The normalized spacial score (nSPS) is 17.1.